The van der Waals surface area contributed by atoms with Gasteiger partial charge in [-0.05, 0) is 80.5 Å². The van der Waals surface area contributed by atoms with E-state index in [2.05, 4.69) is 13.8 Å². The van der Waals surface area contributed by atoms with Gasteiger partial charge in [-0.15, -0.1) is 0 Å². The predicted octanol–water partition coefficient (Wildman–Crippen LogP) is 4.53. The number of ketones is 1. The fraction of sp³-hybridized carbons (Fsp3) is 0.947. The molecular weight excluding hydrogens is 296 g/mol. The van der Waals surface area contributed by atoms with Crippen LogP contribution in [0.1, 0.15) is 71.6 Å². The van der Waals surface area contributed by atoms with E-state index in [9.17, 15) is 9.90 Å². The third kappa shape index (κ3) is 1.99. The van der Waals surface area contributed by atoms with Crippen molar-refractivity contribution < 1.29 is 9.90 Å². The van der Waals surface area contributed by atoms with Gasteiger partial charge in [0.05, 0.1) is 0 Å². The number of halogens is 1. The van der Waals surface area contributed by atoms with Crippen LogP contribution in [0, 0.1) is 34.5 Å². The van der Waals surface area contributed by atoms with Gasteiger partial charge in [0.1, 0.15) is 10.8 Å². The largest absolute Gasteiger partial charge is 0.375 e. The second kappa shape index (κ2) is 4.72. The molecule has 2 nitrogen and oxygen atoms in total. The van der Waals surface area contributed by atoms with Crippen LogP contribution in [0.5, 0.6) is 0 Å². The predicted molar refractivity (Wildman–Crippen MR) is 87.5 cm³/mol. The van der Waals surface area contributed by atoms with Gasteiger partial charge < -0.3 is 5.11 Å². The lowest BCUT2D eigenvalue weighted by molar-refractivity contribution is -0.144. The van der Waals surface area contributed by atoms with E-state index in [1.165, 1.54) is 19.3 Å². The van der Waals surface area contributed by atoms with Gasteiger partial charge in [0.25, 0.3) is 0 Å². The van der Waals surface area contributed by atoms with Crippen LogP contribution in [0.2, 0.25) is 0 Å². The Bertz CT molecular complexity index is 502. The number of alkyl halides is 1. The maximum Gasteiger partial charge on any atom is 0.139 e. The lowest BCUT2D eigenvalue weighted by atomic mass is 9.45. The minimum atomic E-state index is -0.969. The van der Waals surface area contributed by atoms with Crippen LogP contribution in [0.15, 0.2) is 0 Å². The Labute approximate surface area is 139 Å². The van der Waals surface area contributed by atoms with Crippen molar-refractivity contribution in [3.8, 4) is 0 Å². The molecule has 4 saturated carbocycles. The second-order valence-corrected chi connectivity index (χ2v) is 9.90. The third-order valence-electron chi connectivity index (χ3n) is 8.38. The molecule has 0 aliphatic heterocycles. The summed E-state index contributed by atoms with van der Waals surface area (Å²) in [7, 11) is 0. The van der Waals surface area contributed by atoms with E-state index in [0.29, 0.717) is 23.0 Å². The van der Waals surface area contributed by atoms with Crippen LogP contribution >= 0.6 is 11.6 Å². The lowest BCUT2D eigenvalue weighted by Crippen LogP contribution is -2.55. The molecule has 0 heterocycles. The van der Waals surface area contributed by atoms with Crippen LogP contribution < -0.4 is 0 Å². The molecule has 0 aromatic heterocycles. The van der Waals surface area contributed by atoms with Crippen molar-refractivity contribution in [1.29, 1.82) is 0 Å². The summed E-state index contributed by atoms with van der Waals surface area (Å²) >= 11 is 6.27. The molecule has 124 valence electrons. The quantitative estimate of drug-likeness (QED) is 0.665. The Morgan fingerprint density at radius 3 is 2.59 bits per heavy atom. The summed E-state index contributed by atoms with van der Waals surface area (Å²) in [4.78, 5) is 12.4. The molecule has 0 bridgehead atoms. The maximum absolute atomic E-state index is 12.4. The topological polar surface area (TPSA) is 37.3 Å². The van der Waals surface area contributed by atoms with Crippen LogP contribution in [-0.2, 0) is 4.79 Å². The summed E-state index contributed by atoms with van der Waals surface area (Å²) in [5.41, 5.74) is 0.309. The maximum atomic E-state index is 12.4. The van der Waals surface area contributed by atoms with Gasteiger partial charge in [0, 0.05) is 11.8 Å². The van der Waals surface area contributed by atoms with Gasteiger partial charge in [-0.2, -0.15) is 0 Å². The molecule has 4 fully saturated rings. The van der Waals surface area contributed by atoms with Gasteiger partial charge in [-0.3, -0.25) is 4.79 Å². The Hall–Kier alpha value is -0.0800. The first-order chi connectivity index (χ1) is 10.3. The molecule has 1 N–H and O–H groups in total. The molecule has 22 heavy (non-hydrogen) atoms. The van der Waals surface area contributed by atoms with Crippen LogP contribution in [0.3, 0.4) is 0 Å². The molecule has 0 unspecified atom stereocenters. The molecule has 0 amide bonds. The van der Waals surface area contributed by atoms with E-state index >= 15 is 0 Å². The summed E-state index contributed by atoms with van der Waals surface area (Å²) in [6.45, 7) is 4.70. The number of fused-ring (bicyclic) bond motifs is 5. The summed E-state index contributed by atoms with van der Waals surface area (Å²) in [5, 5.41) is 9.30. The number of Topliss-reactive ketones (excluding diaryl/α,β-unsaturated/α-hetero) is 1. The zero-order chi connectivity index (χ0) is 15.8. The fourth-order valence-corrected chi connectivity index (χ4v) is 7.25. The molecule has 3 heteroatoms. The Kier molecular flexibility index (Phi) is 3.32. The highest BCUT2D eigenvalue weighted by atomic mass is 35.5. The van der Waals surface area contributed by atoms with Crippen molar-refractivity contribution >= 4 is 17.4 Å². The number of rotatable bonds is 0. The average Bonchev–Trinajstić information content (AvgIpc) is 2.76. The van der Waals surface area contributed by atoms with E-state index < -0.39 is 5.06 Å². The smallest absolute Gasteiger partial charge is 0.139 e. The molecular formula is C19H29ClO2. The number of aliphatic hydroxyl groups is 1. The molecule has 4 aliphatic carbocycles. The molecule has 0 aromatic rings. The Balaban J connectivity index is 1.63. The number of carbonyl (C=O) groups is 1. The molecule has 4 aliphatic rings. The lowest BCUT2D eigenvalue weighted by Gasteiger charge is -2.60. The molecule has 4 rings (SSSR count). The zero-order valence-corrected chi connectivity index (χ0v) is 14.7. The first-order valence-electron chi connectivity index (χ1n) is 9.21. The van der Waals surface area contributed by atoms with Crippen molar-refractivity contribution in [1.82, 2.24) is 0 Å². The normalized spacial score (nSPS) is 57.9. The second-order valence-electron chi connectivity index (χ2n) is 9.20. The first kappa shape index (κ1) is 15.4. The van der Waals surface area contributed by atoms with Crippen molar-refractivity contribution in [2.75, 3.05) is 0 Å². The third-order valence-corrected chi connectivity index (χ3v) is 8.72. The van der Waals surface area contributed by atoms with Crippen molar-refractivity contribution in [3.63, 3.8) is 0 Å². The fourth-order valence-electron chi connectivity index (χ4n) is 6.97. The van der Waals surface area contributed by atoms with E-state index in [0.717, 1.165) is 50.4 Å². The molecule has 0 saturated heterocycles. The first-order valence-corrected chi connectivity index (χ1v) is 9.59. The number of hydrogen-bond acceptors (Lipinski definition) is 2. The van der Waals surface area contributed by atoms with Gasteiger partial charge in [0.2, 0.25) is 0 Å². The molecule has 0 aromatic carbocycles. The highest BCUT2D eigenvalue weighted by Crippen LogP contribution is 2.66. The minimum Gasteiger partial charge on any atom is -0.375 e. The highest BCUT2D eigenvalue weighted by molar-refractivity contribution is 6.22. The molecule has 7 atom stereocenters. The van der Waals surface area contributed by atoms with Crippen molar-refractivity contribution in [2.24, 2.45) is 34.5 Å². The standard InChI is InChI=1S/C19H29ClO2/c1-17-9-10-19(20,22)11-12(17)3-4-13-14-5-6-16(21)18(14,2)8-7-15(13)17/h12-15,22H,3-11H2,1-2H3/t12-,13-,14-,15-,17-,18-,19-/m0/s1. The van der Waals surface area contributed by atoms with Crippen LogP contribution in [-0.4, -0.2) is 16.0 Å². The Morgan fingerprint density at radius 1 is 1.05 bits per heavy atom. The van der Waals surface area contributed by atoms with Gasteiger partial charge >= 0.3 is 0 Å². The van der Waals surface area contributed by atoms with Gasteiger partial charge in [-0.1, -0.05) is 25.4 Å². The van der Waals surface area contributed by atoms with Crippen molar-refractivity contribution in [3.05, 3.63) is 0 Å². The highest BCUT2D eigenvalue weighted by Gasteiger charge is 2.61. The number of hydrogen-bond donors (Lipinski definition) is 1. The summed E-state index contributed by atoms with van der Waals surface area (Å²) < 4.78 is 0. The van der Waals surface area contributed by atoms with Gasteiger partial charge in [0.15, 0.2) is 0 Å². The molecule has 0 radical (unpaired) electrons. The van der Waals surface area contributed by atoms with E-state index in [1.807, 2.05) is 0 Å². The van der Waals surface area contributed by atoms with E-state index in [-0.39, 0.29) is 5.41 Å². The van der Waals surface area contributed by atoms with Crippen LogP contribution in [0.4, 0.5) is 0 Å². The monoisotopic (exact) mass is 324 g/mol. The van der Waals surface area contributed by atoms with Gasteiger partial charge in [-0.25, -0.2) is 0 Å². The number of carbonyl (C=O) groups excluding carboxylic acids is 1. The Morgan fingerprint density at radius 2 is 1.82 bits per heavy atom. The van der Waals surface area contributed by atoms with Crippen molar-refractivity contribution in [2.45, 2.75) is 76.7 Å². The van der Waals surface area contributed by atoms with E-state index in [4.69, 9.17) is 11.6 Å². The summed E-state index contributed by atoms with van der Waals surface area (Å²) in [5.74, 6) is 3.18. The molecule has 0 spiro atoms. The van der Waals surface area contributed by atoms with E-state index in [1.54, 1.807) is 0 Å². The SMILES string of the molecule is C[C@]12CC[C@@](O)(Cl)C[C@@H]1CC[C@@H]1[C@@H]2CC[C@]2(C)C(=O)CC[C@@H]12. The zero-order valence-electron chi connectivity index (χ0n) is 13.9. The van der Waals surface area contributed by atoms with Crippen LogP contribution in [0.25, 0.3) is 0 Å². The summed E-state index contributed by atoms with van der Waals surface area (Å²) in [6, 6.07) is 0. The summed E-state index contributed by atoms with van der Waals surface area (Å²) in [6.07, 6.45) is 9.20. The minimum absolute atomic E-state index is 0.0216. The average molecular weight is 325 g/mol.